The van der Waals surface area contributed by atoms with Crippen LogP contribution in [0, 0.1) is 0 Å². The van der Waals surface area contributed by atoms with Crippen LogP contribution in [0.1, 0.15) is 16.8 Å². The molecule has 37 heavy (non-hydrogen) atoms. The van der Waals surface area contributed by atoms with Crippen molar-refractivity contribution in [2.45, 2.75) is 6.42 Å². The second-order valence-corrected chi connectivity index (χ2v) is 11.3. The lowest BCUT2D eigenvalue weighted by molar-refractivity contribution is 0.0376. The standard InChI is InChI=1S/C28H25ClN4O2S2/c29-21-7-3-9-25-26(21)31-28(37-25)33(12-5-11-32-13-15-35-16-14-32)27(34)20-18-23(24-10-4-17-36-24)30-22-8-2-1-6-19(20)22/h1-4,6-10,17-18H,5,11-16H2. The minimum absolute atomic E-state index is 0.0754. The minimum atomic E-state index is -0.0754. The summed E-state index contributed by atoms with van der Waals surface area (Å²) in [5.74, 6) is -0.0754. The molecule has 0 atom stereocenters. The number of fused-ring (bicyclic) bond motifs is 2. The number of thiazole rings is 1. The molecule has 6 nitrogen and oxygen atoms in total. The van der Waals surface area contributed by atoms with E-state index in [-0.39, 0.29) is 5.91 Å². The van der Waals surface area contributed by atoms with Crippen molar-refractivity contribution >= 4 is 66.4 Å². The van der Waals surface area contributed by atoms with E-state index in [0.29, 0.717) is 22.3 Å². The summed E-state index contributed by atoms with van der Waals surface area (Å²) in [7, 11) is 0. The summed E-state index contributed by atoms with van der Waals surface area (Å²) in [6.07, 6.45) is 0.830. The first-order chi connectivity index (χ1) is 18.2. The lowest BCUT2D eigenvalue weighted by Crippen LogP contribution is -2.39. The fraction of sp³-hybridized carbons (Fsp3) is 0.250. The number of para-hydroxylation sites is 2. The van der Waals surface area contributed by atoms with Gasteiger partial charge >= 0.3 is 0 Å². The molecule has 2 aromatic carbocycles. The molecule has 1 saturated heterocycles. The fourth-order valence-electron chi connectivity index (χ4n) is 4.63. The Kier molecular flexibility index (Phi) is 7.17. The van der Waals surface area contributed by atoms with E-state index >= 15 is 0 Å². The van der Waals surface area contributed by atoms with Crippen LogP contribution in [0.15, 0.2) is 66.0 Å². The van der Waals surface area contributed by atoms with E-state index in [1.54, 1.807) is 11.3 Å². The van der Waals surface area contributed by atoms with Gasteiger partial charge in [-0.15, -0.1) is 11.3 Å². The van der Waals surface area contributed by atoms with Crippen molar-refractivity contribution in [2.24, 2.45) is 0 Å². The number of anilines is 1. The average Bonchev–Trinajstić information content (AvgIpc) is 3.62. The highest BCUT2D eigenvalue weighted by Gasteiger charge is 2.25. The van der Waals surface area contributed by atoms with Gasteiger partial charge in [0, 0.05) is 31.6 Å². The van der Waals surface area contributed by atoms with Crippen LogP contribution in [-0.4, -0.2) is 60.2 Å². The molecule has 1 aliphatic rings. The summed E-state index contributed by atoms with van der Waals surface area (Å²) in [4.78, 5) is 29.2. The number of ether oxygens (including phenoxy) is 1. The fourth-order valence-corrected chi connectivity index (χ4v) is 6.60. The molecule has 0 N–H and O–H groups in total. The van der Waals surface area contributed by atoms with Crippen LogP contribution in [0.2, 0.25) is 5.02 Å². The third kappa shape index (κ3) is 5.12. The van der Waals surface area contributed by atoms with Gasteiger partial charge in [0.1, 0.15) is 5.52 Å². The lowest BCUT2D eigenvalue weighted by Gasteiger charge is -2.28. The molecule has 1 aliphatic heterocycles. The second kappa shape index (κ2) is 10.8. The number of benzene rings is 2. The Morgan fingerprint density at radius 3 is 2.73 bits per heavy atom. The Labute approximate surface area is 228 Å². The van der Waals surface area contributed by atoms with Crippen LogP contribution in [0.25, 0.3) is 31.7 Å². The molecular weight excluding hydrogens is 524 g/mol. The average molecular weight is 549 g/mol. The van der Waals surface area contributed by atoms with Crippen molar-refractivity contribution in [3.63, 3.8) is 0 Å². The number of carbonyl (C=O) groups is 1. The van der Waals surface area contributed by atoms with Crippen molar-refractivity contribution in [3.8, 4) is 10.6 Å². The molecule has 5 aromatic rings. The number of thiophene rings is 1. The molecule has 4 heterocycles. The number of pyridine rings is 1. The summed E-state index contributed by atoms with van der Waals surface area (Å²) in [5.41, 5.74) is 2.97. The number of amides is 1. The highest BCUT2D eigenvalue weighted by Crippen LogP contribution is 2.35. The molecule has 0 radical (unpaired) electrons. The first-order valence-electron chi connectivity index (χ1n) is 12.3. The molecule has 9 heteroatoms. The molecule has 0 saturated carbocycles. The van der Waals surface area contributed by atoms with E-state index in [0.717, 1.165) is 71.0 Å². The van der Waals surface area contributed by atoms with Crippen molar-refractivity contribution in [1.29, 1.82) is 0 Å². The van der Waals surface area contributed by atoms with E-state index in [9.17, 15) is 4.79 Å². The van der Waals surface area contributed by atoms with Crippen molar-refractivity contribution in [2.75, 3.05) is 44.3 Å². The molecule has 6 rings (SSSR count). The van der Waals surface area contributed by atoms with Gasteiger partial charge in [0.15, 0.2) is 5.13 Å². The van der Waals surface area contributed by atoms with Gasteiger partial charge in [0.05, 0.1) is 44.6 Å². The number of rotatable bonds is 7. The molecule has 0 aliphatic carbocycles. The zero-order valence-corrected chi connectivity index (χ0v) is 22.5. The van der Waals surface area contributed by atoms with Crippen molar-refractivity contribution < 1.29 is 9.53 Å². The summed E-state index contributed by atoms with van der Waals surface area (Å²) in [6.45, 7) is 4.81. The van der Waals surface area contributed by atoms with Gasteiger partial charge in [-0.2, -0.15) is 0 Å². The first-order valence-corrected chi connectivity index (χ1v) is 14.4. The predicted molar refractivity (Wildman–Crippen MR) is 153 cm³/mol. The normalized spacial score (nSPS) is 14.4. The maximum atomic E-state index is 14.3. The molecular formula is C28H25ClN4O2S2. The van der Waals surface area contributed by atoms with Crippen LogP contribution >= 0.6 is 34.3 Å². The topological polar surface area (TPSA) is 58.6 Å². The van der Waals surface area contributed by atoms with Crippen LogP contribution in [0.3, 0.4) is 0 Å². The van der Waals surface area contributed by atoms with Crippen LogP contribution < -0.4 is 4.90 Å². The number of aromatic nitrogens is 2. The predicted octanol–water partition coefficient (Wildman–Crippen LogP) is 6.60. The number of halogens is 1. The summed E-state index contributed by atoms with van der Waals surface area (Å²) in [6, 6.07) is 19.5. The lowest BCUT2D eigenvalue weighted by atomic mass is 10.1. The number of nitrogens with zero attached hydrogens (tertiary/aromatic N) is 4. The van der Waals surface area contributed by atoms with E-state index < -0.39 is 0 Å². The Bertz CT molecular complexity index is 1550. The molecule has 0 unspecified atom stereocenters. The first kappa shape index (κ1) is 24.5. The van der Waals surface area contributed by atoms with Gasteiger partial charge in [0.2, 0.25) is 0 Å². The molecule has 1 fully saturated rings. The van der Waals surface area contributed by atoms with Crippen molar-refractivity contribution in [1.82, 2.24) is 14.9 Å². The van der Waals surface area contributed by atoms with Crippen molar-refractivity contribution in [3.05, 3.63) is 76.6 Å². The number of hydrogen-bond acceptors (Lipinski definition) is 7. The molecule has 0 bridgehead atoms. The van der Waals surface area contributed by atoms with Crippen LogP contribution in [0.5, 0.6) is 0 Å². The number of morpholine rings is 1. The smallest absolute Gasteiger partial charge is 0.260 e. The SMILES string of the molecule is O=C(c1cc(-c2cccs2)nc2ccccc12)N(CCCN1CCOCC1)c1nc2c(Cl)cccc2s1. The van der Waals surface area contributed by atoms with E-state index in [4.69, 9.17) is 26.3 Å². The Hall–Kier alpha value is -2.88. The summed E-state index contributed by atoms with van der Waals surface area (Å²) >= 11 is 9.56. The van der Waals surface area contributed by atoms with Gasteiger partial charge in [-0.05, 0) is 42.1 Å². The van der Waals surface area contributed by atoms with E-state index in [1.165, 1.54) is 11.3 Å². The second-order valence-electron chi connectivity index (χ2n) is 8.90. The van der Waals surface area contributed by atoms with Gasteiger partial charge < -0.3 is 4.74 Å². The van der Waals surface area contributed by atoms with Gasteiger partial charge in [-0.1, -0.05) is 53.3 Å². The quantitative estimate of drug-likeness (QED) is 0.229. The monoisotopic (exact) mass is 548 g/mol. The maximum absolute atomic E-state index is 14.3. The minimum Gasteiger partial charge on any atom is -0.379 e. The van der Waals surface area contributed by atoms with E-state index in [2.05, 4.69) is 4.90 Å². The van der Waals surface area contributed by atoms with Crippen LogP contribution in [0.4, 0.5) is 5.13 Å². The molecule has 1 amide bonds. The summed E-state index contributed by atoms with van der Waals surface area (Å²) < 4.78 is 6.45. The number of carbonyl (C=O) groups excluding carboxylic acids is 1. The molecule has 188 valence electrons. The largest absolute Gasteiger partial charge is 0.379 e. The third-order valence-corrected chi connectivity index (χ3v) is 8.76. The zero-order valence-electron chi connectivity index (χ0n) is 20.1. The van der Waals surface area contributed by atoms with Gasteiger partial charge in [-0.25, -0.2) is 9.97 Å². The summed E-state index contributed by atoms with van der Waals surface area (Å²) in [5, 5.41) is 4.12. The highest BCUT2D eigenvalue weighted by molar-refractivity contribution is 7.22. The number of hydrogen-bond donors (Lipinski definition) is 0. The van der Waals surface area contributed by atoms with E-state index in [1.807, 2.05) is 70.9 Å². The maximum Gasteiger partial charge on any atom is 0.260 e. The Morgan fingerprint density at radius 2 is 1.92 bits per heavy atom. The molecule has 0 spiro atoms. The highest BCUT2D eigenvalue weighted by atomic mass is 35.5. The third-order valence-electron chi connectivity index (χ3n) is 6.51. The Morgan fingerprint density at radius 1 is 1.05 bits per heavy atom. The van der Waals surface area contributed by atoms with Gasteiger partial charge in [0.25, 0.3) is 5.91 Å². The van der Waals surface area contributed by atoms with Crippen LogP contribution in [-0.2, 0) is 4.74 Å². The Balaban J connectivity index is 1.40. The molecule has 3 aromatic heterocycles. The zero-order chi connectivity index (χ0) is 25.2. The van der Waals surface area contributed by atoms with Gasteiger partial charge in [-0.3, -0.25) is 14.6 Å².